The van der Waals surface area contributed by atoms with Crippen molar-refractivity contribution in [2.75, 3.05) is 47.5 Å². The van der Waals surface area contributed by atoms with E-state index in [0.717, 1.165) is 135 Å². The lowest BCUT2D eigenvalue weighted by Crippen LogP contribution is -2.37. The smallest absolute Gasteiger partial charge is 0.462 e. The molecule has 518 valence electrons. The number of carbonyl (C=O) groups is 2. The summed E-state index contributed by atoms with van der Waals surface area (Å²) >= 11 is 0. The summed E-state index contributed by atoms with van der Waals surface area (Å²) in [6, 6.07) is 0. The highest BCUT2D eigenvalue weighted by Crippen LogP contribution is 2.43. The van der Waals surface area contributed by atoms with Gasteiger partial charge in [0.25, 0.3) is 0 Å². The normalized spacial score (nSPS) is 14.3. The van der Waals surface area contributed by atoms with Gasteiger partial charge in [-0.15, -0.1) is 0 Å². The fourth-order valence-electron chi connectivity index (χ4n) is 9.16. The number of phosphoric ester groups is 1. The molecule has 1 N–H and O–H groups in total. The number of quaternary nitrogens is 1. The van der Waals surface area contributed by atoms with Gasteiger partial charge in [0.15, 0.2) is 6.10 Å². The van der Waals surface area contributed by atoms with Crippen LogP contribution in [-0.2, 0) is 32.7 Å². The van der Waals surface area contributed by atoms with Gasteiger partial charge < -0.3 is 18.9 Å². The molecule has 0 bridgehead atoms. The van der Waals surface area contributed by atoms with Gasteiger partial charge in [-0.3, -0.25) is 18.6 Å². The van der Waals surface area contributed by atoms with Crippen molar-refractivity contribution >= 4 is 19.8 Å². The van der Waals surface area contributed by atoms with Crippen LogP contribution >= 0.6 is 7.82 Å². The lowest BCUT2D eigenvalue weighted by Gasteiger charge is -2.24. The predicted molar refractivity (Wildman–Crippen MR) is 399 cm³/mol. The molecule has 0 fully saturated rings. The maximum atomic E-state index is 12.9. The van der Waals surface area contributed by atoms with Crippen molar-refractivity contribution in [2.45, 2.75) is 264 Å². The molecule has 2 unspecified atom stereocenters. The van der Waals surface area contributed by atoms with E-state index in [0.29, 0.717) is 17.4 Å². The molecular weight excluding hydrogens is 1160 g/mol. The van der Waals surface area contributed by atoms with E-state index in [1.54, 1.807) is 0 Å². The molecule has 0 aromatic carbocycles. The number of allylic oxidation sites excluding steroid dienone is 32. The van der Waals surface area contributed by atoms with Gasteiger partial charge in [-0.1, -0.05) is 298 Å². The molecule has 10 heteroatoms. The number of likely N-dealkylation sites (N-methyl/N-ethyl adjacent to an activating group) is 1. The zero-order valence-corrected chi connectivity index (χ0v) is 59.8. The fraction of sp³-hybridized carbons (Fsp3) is 0.585. The number of nitrogens with zero attached hydrogens (tertiary/aromatic N) is 1. The molecule has 0 amide bonds. The molecular formula is C82H133NO8P+. The monoisotopic (exact) mass is 1290 g/mol. The van der Waals surface area contributed by atoms with Crippen molar-refractivity contribution in [2.24, 2.45) is 0 Å². The molecule has 0 aromatic rings. The maximum absolute atomic E-state index is 12.9. The summed E-state index contributed by atoms with van der Waals surface area (Å²) in [6.45, 7) is 4.14. The zero-order valence-electron chi connectivity index (χ0n) is 59.0. The lowest BCUT2D eigenvalue weighted by atomic mass is 10.0. The van der Waals surface area contributed by atoms with E-state index in [-0.39, 0.29) is 32.0 Å². The Kier molecular flexibility index (Phi) is 66.2. The molecule has 9 nitrogen and oxygen atoms in total. The highest BCUT2D eigenvalue weighted by Gasteiger charge is 2.27. The number of phosphoric acid groups is 1. The van der Waals surface area contributed by atoms with Crippen LogP contribution in [0.5, 0.6) is 0 Å². The standard InChI is InChI=1S/C82H132NO8P/c1-6-8-10-12-14-16-18-20-22-24-26-28-30-32-34-36-38-40-41-43-44-46-48-50-52-54-56-58-60-62-64-66-68-70-72-74-81(84)88-78-80(79-90-92(86,87)89-77-76-83(3,4)5)91-82(85)75-73-71-69-67-65-63-61-59-57-55-53-51-49-47-45-42-39-37-35-33-31-29-27-25-23-21-19-17-15-13-11-9-7-2/h8-11,14-17,20-23,26-29,32-35,38-40,42,47,49,53,55,59,61,65,67,80H,6-7,12-13,18-19,24-25,30-31,36-37,41,43-46,48,50-52,54,56-58,60,62-64,66,68-79H2,1-5H3/p+1/b10-8-,11-9-,16-14-,17-15-,22-20-,23-21-,28-26-,29-27-,34-32-,35-33-,40-38-,42-39-,49-47-,55-53-,61-59-,67-65-. The number of unbranched alkanes of at least 4 members (excludes halogenated alkanes) is 18. The van der Waals surface area contributed by atoms with Crippen LogP contribution in [0.4, 0.5) is 0 Å². The van der Waals surface area contributed by atoms with Crippen LogP contribution in [0.15, 0.2) is 194 Å². The first-order chi connectivity index (χ1) is 45.0. The Morgan fingerprint density at radius 2 is 0.587 bits per heavy atom. The molecule has 2 atom stereocenters. The van der Waals surface area contributed by atoms with E-state index >= 15 is 0 Å². The largest absolute Gasteiger partial charge is 0.472 e. The lowest BCUT2D eigenvalue weighted by molar-refractivity contribution is -0.870. The van der Waals surface area contributed by atoms with Crippen molar-refractivity contribution in [3.05, 3.63) is 194 Å². The van der Waals surface area contributed by atoms with E-state index in [9.17, 15) is 19.0 Å². The molecule has 0 aliphatic carbocycles. The molecule has 0 saturated carbocycles. The first-order valence-corrected chi connectivity index (χ1v) is 37.7. The van der Waals surface area contributed by atoms with Crippen LogP contribution in [0.3, 0.4) is 0 Å². The van der Waals surface area contributed by atoms with Crippen LogP contribution in [0.25, 0.3) is 0 Å². The van der Waals surface area contributed by atoms with Crippen molar-refractivity contribution in [1.82, 2.24) is 0 Å². The summed E-state index contributed by atoms with van der Waals surface area (Å²) < 4.78 is 34.7. The molecule has 0 rings (SSSR count). The zero-order chi connectivity index (χ0) is 66.9. The Morgan fingerprint density at radius 3 is 0.891 bits per heavy atom. The first-order valence-electron chi connectivity index (χ1n) is 36.2. The van der Waals surface area contributed by atoms with Gasteiger partial charge in [-0.25, -0.2) is 4.57 Å². The molecule has 0 radical (unpaired) electrons. The molecule has 0 spiro atoms. The minimum atomic E-state index is -4.42. The molecule has 0 aromatic heterocycles. The Bertz CT molecular complexity index is 2260. The second kappa shape index (κ2) is 70.2. The summed E-state index contributed by atoms with van der Waals surface area (Å²) in [5.41, 5.74) is 0. The van der Waals surface area contributed by atoms with Gasteiger partial charge in [0, 0.05) is 12.8 Å². The number of rotatable bonds is 64. The van der Waals surface area contributed by atoms with Crippen LogP contribution in [-0.4, -0.2) is 74.9 Å². The van der Waals surface area contributed by atoms with Crippen molar-refractivity contribution in [3.8, 4) is 0 Å². The third-order valence-electron chi connectivity index (χ3n) is 14.6. The minimum Gasteiger partial charge on any atom is -0.462 e. The Labute approximate surface area is 564 Å². The number of hydrogen-bond donors (Lipinski definition) is 1. The van der Waals surface area contributed by atoms with E-state index in [2.05, 4.69) is 208 Å². The SMILES string of the molecule is CC/C=C\C/C=C\C/C=C\C/C=C\C/C=C\C/C=C\C/C=C\C/C=C\C/C=C\C/C=C\CCCCC(=O)OC(COC(=O)CCCCCCCCCCCCCCCCCC/C=C\C/C=C\C/C=C\C/C=C\C/C=C\C/C=C\CC)COP(=O)(O)OCC[N+](C)(C)C. The van der Waals surface area contributed by atoms with Gasteiger partial charge in [0.2, 0.25) is 0 Å². The van der Waals surface area contributed by atoms with Crippen LogP contribution < -0.4 is 0 Å². The molecule has 0 saturated heterocycles. The Morgan fingerprint density at radius 1 is 0.337 bits per heavy atom. The van der Waals surface area contributed by atoms with Gasteiger partial charge in [0.05, 0.1) is 27.7 Å². The predicted octanol–water partition coefficient (Wildman–Crippen LogP) is 24.0. The molecule has 0 heterocycles. The average molecular weight is 1290 g/mol. The summed E-state index contributed by atoms with van der Waals surface area (Å²) in [5, 5.41) is 0. The summed E-state index contributed by atoms with van der Waals surface area (Å²) in [6.07, 6.45) is 110. The number of ether oxygens (including phenoxy) is 2. The summed E-state index contributed by atoms with van der Waals surface area (Å²) in [4.78, 5) is 35.9. The van der Waals surface area contributed by atoms with Gasteiger partial charge >= 0.3 is 19.8 Å². The van der Waals surface area contributed by atoms with Crippen molar-refractivity contribution in [1.29, 1.82) is 0 Å². The highest BCUT2D eigenvalue weighted by molar-refractivity contribution is 7.47. The van der Waals surface area contributed by atoms with E-state index in [1.807, 2.05) is 21.1 Å². The highest BCUT2D eigenvalue weighted by atomic mass is 31.2. The fourth-order valence-corrected chi connectivity index (χ4v) is 9.91. The molecule has 0 aliphatic heterocycles. The van der Waals surface area contributed by atoms with E-state index in [1.165, 1.54) is 89.9 Å². The summed E-state index contributed by atoms with van der Waals surface area (Å²) in [7, 11) is 1.43. The van der Waals surface area contributed by atoms with Gasteiger partial charge in [-0.05, 0) is 141 Å². The third-order valence-corrected chi connectivity index (χ3v) is 15.6. The molecule has 0 aliphatic rings. The second-order valence-corrected chi connectivity index (χ2v) is 26.0. The maximum Gasteiger partial charge on any atom is 0.472 e. The van der Waals surface area contributed by atoms with Crippen molar-refractivity contribution in [3.63, 3.8) is 0 Å². The third kappa shape index (κ3) is 73.9. The van der Waals surface area contributed by atoms with Crippen molar-refractivity contribution < 1.29 is 42.1 Å². The Hall–Kier alpha value is -5.15. The topological polar surface area (TPSA) is 108 Å². The minimum absolute atomic E-state index is 0.0132. The summed E-state index contributed by atoms with van der Waals surface area (Å²) in [5.74, 6) is -0.858. The Balaban J connectivity index is 4.17. The van der Waals surface area contributed by atoms with Crippen LogP contribution in [0.1, 0.15) is 258 Å². The van der Waals surface area contributed by atoms with Crippen LogP contribution in [0, 0.1) is 0 Å². The quantitative estimate of drug-likeness (QED) is 0.0211. The van der Waals surface area contributed by atoms with E-state index < -0.39 is 26.5 Å². The van der Waals surface area contributed by atoms with E-state index in [4.69, 9.17) is 18.5 Å². The number of hydrogen-bond acceptors (Lipinski definition) is 7. The second-order valence-electron chi connectivity index (χ2n) is 24.5. The van der Waals surface area contributed by atoms with Crippen LogP contribution in [0.2, 0.25) is 0 Å². The van der Waals surface area contributed by atoms with Gasteiger partial charge in [-0.2, -0.15) is 0 Å². The number of carbonyl (C=O) groups excluding carboxylic acids is 2. The molecule has 92 heavy (non-hydrogen) atoms. The number of esters is 2. The van der Waals surface area contributed by atoms with Gasteiger partial charge in [0.1, 0.15) is 19.8 Å². The average Bonchev–Trinajstić information content (AvgIpc) is 2.23. The first kappa shape index (κ1) is 86.9.